The third kappa shape index (κ3) is 2.96. The molecule has 0 bridgehead atoms. The number of pyridine rings is 1. The molecule has 1 N–H and O–H groups in total. The van der Waals surface area contributed by atoms with Gasteiger partial charge in [-0.3, -0.25) is 4.79 Å². The maximum atomic E-state index is 11.9. The number of nitrogens with zero attached hydrogens (tertiary/aromatic N) is 2. The summed E-state index contributed by atoms with van der Waals surface area (Å²) in [5.74, 6) is 1.14. The Morgan fingerprint density at radius 2 is 2.29 bits per heavy atom. The molecule has 1 aromatic heterocycles. The third-order valence-corrected chi connectivity index (χ3v) is 3.16. The summed E-state index contributed by atoms with van der Waals surface area (Å²) in [5.41, 5.74) is 1.09. The van der Waals surface area contributed by atoms with Crippen LogP contribution in [0.4, 0.5) is 5.82 Å². The van der Waals surface area contributed by atoms with Gasteiger partial charge in [-0.1, -0.05) is 12.5 Å². The van der Waals surface area contributed by atoms with Gasteiger partial charge in [0.2, 0.25) is 5.91 Å². The molecule has 2 heterocycles. The topological polar surface area (TPSA) is 45.2 Å². The van der Waals surface area contributed by atoms with E-state index in [1.165, 1.54) is 0 Å². The number of likely N-dealkylation sites (tertiary alicyclic amines) is 1. The van der Waals surface area contributed by atoms with E-state index in [9.17, 15) is 4.79 Å². The molecule has 4 nitrogen and oxygen atoms in total. The van der Waals surface area contributed by atoms with E-state index in [-0.39, 0.29) is 5.91 Å². The predicted octanol–water partition coefficient (Wildman–Crippen LogP) is 2.03. The number of carbonyl (C=O) groups is 1. The highest BCUT2D eigenvalue weighted by Gasteiger charge is 2.17. The molecule has 0 atom stereocenters. The Morgan fingerprint density at radius 1 is 1.41 bits per heavy atom. The number of anilines is 1. The van der Waals surface area contributed by atoms with Crippen LogP contribution < -0.4 is 5.32 Å². The molecule has 2 rings (SSSR count). The minimum Gasteiger partial charge on any atom is -0.373 e. The molecule has 0 spiro atoms. The van der Waals surface area contributed by atoms with Gasteiger partial charge in [0, 0.05) is 38.3 Å². The summed E-state index contributed by atoms with van der Waals surface area (Å²) < 4.78 is 0. The van der Waals surface area contributed by atoms with Gasteiger partial charge in [0.05, 0.1) is 0 Å². The lowest BCUT2D eigenvalue weighted by molar-refractivity contribution is -0.131. The minimum absolute atomic E-state index is 0.272. The van der Waals surface area contributed by atoms with Crippen molar-refractivity contribution in [3.8, 4) is 0 Å². The summed E-state index contributed by atoms with van der Waals surface area (Å²) in [7, 11) is 1.86. The number of amides is 1. The van der Waals surface area contributed by atoms with E-state index in [1.54, 1.807) is 6.20 Å². The molecule has 1 fully saturated rings. The van der Waals surface area contributed by atoms with Gasteiger partial charge in [-0.2, -0.15) is 0 Å². The molecule has 1 saturated heterocycles. The Kier molecular flexibility index (Phi) is 3.96. The molecule has 1 aliphatic heterocycles. The van der Waals surface area contributed by atoms with Crippen LogP contribution in [0.25, 0.3) is 0 Å². The van der Waals surface area contributed by atoms with E-state index in [0.29, 0.717) is 13.0 Å². The van der Waals surface area contributed by atoms with E-state index < -0.39 is 0 Å². The summed E-state index contributed by atoms with van der Waals surface area (Å²) in [5, 5.41) is 3.07. The molecule has 0 aromatic carbocycles. The third-order valence-electron chi connectivity index (χ3n) is 3.16. The van der Waals surface area contributed by atoms with E-state index in [0.717, 1.165) is 37.2 Å². The van der Waals surface area contributed by atoms with Crippen molar-refractivity contribution in [2.45, 2.75) is 32.2 Å². The van der Waals surface area contributed by atoms with Crippen LogP contribution in [-0.2, 0) is 11.3 Å². The fourth-order valence-electron chi connectivity index (χ4n) is 2.20. The molecule has 1 aliphatic rings. The van der Waals surface area contributed by atoms with E-state index in [4.69, 9.17) is 0 Å². The van der Waals surface area contributed by atoms with Crippen molar-refractivity contribution < 1.29 is 4.79 Å². The van der Waals surface area contributed by atoms with Gasteiger partial charge >= 0.3 is 0 Å². The molecule has 0 radical (unpaired) electrons. The number of hydrogen-bond donors (Lipinski definition) is 1. The van der Waals surface area contributed by atoms with Gasteiger partial charge in [-0.25, -0.2) is 4.98 Å². The summed E-state index contributed by atoms with van der Waals surface area (Å²) >= 11 is 0. The van der Waals surface area contributed by atoms with E-state index >= 15 is 0 Å². The average molecular weight is 233 g/mol. The number of aromatic nitrogens is 1. The van der Waals surface area contributed by atoms with E-state index in [1.807, 2.05) is 24.1 Å². The molecule has 92 valence electrons. The zero-order valence-electron chi connectivity index (χ0n) is 10.3. The van der Waals surface area contributed by atoms with Crippen molar-refractivity contribution in [1.29, 1.82) is 0 Å². The highest BCUT2D eigenvalue weighted by molar-refractivity contribution is 5.76. The van der Waals surface area contributed by atoms with Crippen LogP contribution in [0.15, 0.2) is 18.3 Å². The van der Waals surface area contributed by atoms with Crippen LogP contribution in [0.3, 0.4) is 0 Å². The summed E-state index contributed by atoms with van der Waals surface area (Å²) in [6.07, 6.45) is 5.76. The van der Waals surface area contributed by atoms with Gasteiger partial charge in [0.1, 0.15) is 5.82 Å². The highest BCUT2D eigenvalue weighted by atomic mass is 16.2. The monoisotopic (exact) mass is 233 g/mol. The Morgan fingerprint density at radius 3 is 3.12 bits per heavy atom. The Bertz CT molecular complexity index is 392. The van der Waals surface area contributed by atoms with Crippen molar-refractivity contribution >= 4 is 11.7 Å². The van der Waals surface area contributed by atoms with Crippen LogP contribution in [0.1, 0.15) is 31.2 Å². The van der Waals surface area contributed by atoms with Crippen LogP contribution in [0.5, 0.6) is 0 Å². The van der Waals surface area contributed by atoms with Crippen LogP contribution in [0.2, 0.25) is 0 Å². The van der Waals surface area contributed by atoms with E-state index in [2.05, 4.69) is 10.3 Å². The molecular formula is C13H19N3O. The molecule has 0 saturated carbocycles. The maximum absolute atomic E-state index is 11.9. The fourth-order valence-corrected chi connectivity index (χ4v) is 2.20. The zero-order chi connectivity index (χ0) is 12.1. The van der Waals surface area contributed by atoms with Crippen molar-refractivity contribution in [2.75, 3.05) is 18.9 Å². The molecule has 4 heteroatoms. The SMILES string of the molecule is CNc1ncccc1CN1CCCCCC1=O. The first-order valence-electron chi connectivity index (χ1n) is 6.20. The smallest absolute Gasteiger partial charge is 0.222 e. The molecule has 0 aliphatic carbocycles. The summed E-state index contributed by atoms with van der Waals surface area (Å²) in [4.78, 5) is 18.1. The quantitative estimate of drug-likeness (QED) is 0.868. The van der Waals surface area contributed by atoms with Crippen molar-refractivity contribution in [3.05, 3.63) is 23.9 Å². The highest BCUT2D eigenvalue weighted by Crippen LogP contribution is 2.17. The standard InChI is InChI=1S/C13H19N3O/c1-14-13-11(6-5-8-15-13)10-16-9-4-2-3-7-12(16)17/h5-6,8H,2-4,7,9-10H2,1H3,(H,14,15). The second-order valence-electron chi connectivity index (χ2n) is 4.39. The number of nitrogens with one attached hydrogen (secondary N) is 1. The number of carbonyl (C=O) groups excluding carboxylic acids is 1. The van der Waals surface area contributed by atoms with Crippen LogP contribution in [0, 0.1) is 0 Å². The number of hydrogen-bond acceptors (Lipinski definition) is 3. The first kappa shape index (κ1) is 11.9. The lowest BCUT2D eigenvalue weighted by atomic mass is 10.2. The predicted molar refractivity (Wildman–Crippen MR) is 67.7 cm³/mol. The maximum Gasteiger partial charge on any atom is 0.222 e. The Balaban J connectivity index is 2.10. The van der Waals surface area contributed by atoms with Gasteiger partial charge in [-0.15, -0.1) is 0 Å². The lowest BCUT2D eigenvalue weighted by Crippen LogP contribution is -2.30. The van der Waals surface area contributed by atoms with Gasteiger partial charge in [-0.05, 0) is 18.9 Å². The van der Waals surface area contributed by atoms with Crippen LogP contribution >= 0.6 is 0 Å². The van der Waals surface area contributed by atoms with Gasteiger partial charge in [0.25, 0.3) is 0 Å². The first-order valence-corrected chi connectivity index (χ1v) is 6.20. The normalized spacial score (nSPS) is 16.8. The van der Waals surface area contributed by atoms with Crippen molar-refractivity contribution in [3.63, 3.8) is 0 Å². The van der Waals surface area contributed by atoms with Crippen molar-refractivity contribution in [1.82, 2.24) is 9.88 Å². The van der Waals surface area contributed by atoms with Crippen LogP contribution in [-0.4, -0.2) is 29.4 Å². The van der Waals surface area contributed by atoms with Gasteiger partial charge in [0.15, 0.2) is 0 Å². The molecule has 1 amide bonds. The first-order chi connectivity index (χ1) is 8.31. The molecule has 0 unspecified atom stereocenters. The molecule has 1 aromatic rings. The Hall–Kier alpha value is -1.58. The Labute approximate surface area is 102 Å². The molecule has 17 heavy (non-hydrogen) atoms. The molecular weight excluding hydrogens is 214 g/mol. The lowest BCUT2D eigenvalue weighted by Gasteiger charge is -2.21. The average Bonchev–Trinajstić information content (AvgIpc) is 2.56. The van der Waals surface area contributed by atoms with Gasteiger partial charge < -0.3 is 10.2 Å². The largest absolute Gasteiger partial charge is 0.373 e. The van der Waals surface area contributed by atoms with Crippen molar-refractivity contribution in [2.24, 2.45) is 0 Å². The summed E-state index contributed by atoms with van der Waals surface area (Å²) in [6.45, 7) is 1.54. The fraction of sp³-hybridized carbons (Fsp3) is 0.538. The second kappa shape index (κ2) is 5.66. The minimum atomic E-state index is 0.272. The zero-order valence-corrected chi connectivity index (χ0v) is 10.3. The second-order valence-corrected chi connectivity index (χ2v) is 4.39. The number of rotatable bonds is 3. The summed E-state index contributed by atoms with van der Waals surface area (Å²) in [6, 6.07) is 3.94.